The lowest BCUT2D eigenvalue weighted by Crippen LogP contribution is -2.65. The van der Waals surface area contributed by atoms with Crippen LogP contribution in [0.5, 0.6) is 0 Å². The molecule has 16 heavy (non-hydrogen) atoms. The second kappa shape index (κ2) is 3.80. The van der Waals surface area contributed by atoms with Crippen LogP contribution >= 0.6 is 12.2 Å². The van der Waals surface area contributed by atoms with Gasteiger partial charge in [-0.25, -0.2) is 0 Å². The van der Waals surface area contributed by atoms with Crippen molar-refractivity contribution < 1.29 is 9.59 Å². The monoisotopic (exact) mass is 240 g/mol. The summed E-state index contributed by atoms with van der Waals surface area (Å²) in [5, 5.41) is 5.33. The smallest absolute Gasteiger partial charge is 0.242 e. The second-order valence-corrected chi connectivity index (χ2v) is 5.10. The van der Waals surface area contributed by atoms with Crippen LogP contribution < -0.4 is 10.6 Å². The summed E-state index contributed by atoms with van der Waals surface area (Å²) >= 11 is 4.83. The van der Waals surface area contributed by atoms with E-state index in [1.165, 1.54) is 0 Å². The van der Waals surface area contributed by atoms with Gasteiger partial charge in [-0.2, -0.15) is 0 Å². The molecule has 1 heterocycles. The van der Waals surface area contributed by atoms with Crippen LogP contribution in [0.1, 0.15) is 33.1 Å². The highest BCUT2D eigenvalue weighted by molar-refractivity contribution is 7.80. The van der Waals surface area contributed by atoms with Gasteiger partial charge in [-0.05, 0) is 36.9 Å². The van der Waals surface area contributed by atoms with Crippen molar-refractivity contribution in [2.24, 2.45) is 17.3 Å². The van der Waals surface area contributed by atoms with Crippen molar-refractivity contribution >= 4 is 29.1 Å². The molecule has 0 radical (unpaired) electrons. The zero-order valence-corrected chi connectivity index (χ0v) is 10.3. The van der Waals surface area contributed by atoms with Gasteiger partial charge in [0.1, 0.15) is 5.41 Å². The number of thiocarbonyl (C=S) groups is 1. The van der Waals surface area contributed by atoms with Gasteiger partial charge in [-0.1, -0.05) is 20.3 Å². The Kier molecular flexibility index (Phi) is 2.74. The number of nitrogens with one attached hydrogen (secondary N) is 2. The maximum absolute atomic E-state index is 12.2. The molecule has 2 atom stereocenters. The Morgan fingerprint density at radius 3 is 2.38 bits per heavy atom. The third-order valence-corrected chi connectivity index (χ3v) is 4.27. The maximum Gasteiger partial charge on any atom is 0.242 e. The molecule has 2 fully saturated rings. The lowest BCUT2D eigenvalue weighted by molar-refractivity contribution is -0.149. The van der Waals surface area contributed by atoms with Crippen molar-refractivity contribution in [3.63, 3.8) is 0 Å². The lowest BCUT2D eigenvalue weighted by atomic mass is 9.69. The molecule has 0 aromatic rings. The molecule has 1 saturated carbocycles. The van der Waals surface area contributed by atoms with Gasteiger partial charge in [-0.3, -0.25) is 9.59 Å². The summed E-state index contributed by atoms with van der Waals surface area (Å²) in [4.78, 5) is 24.3. The van der Waals surface area contributed by atoms with Gasteiger partial charge in [0.2, 0.25) is 11.8 Å². The molecule has 2 aliphatic rings. The summed E-state index contributed by atoms with van der Waals surface area (Å²) in [5.74, 6) is -0.206. The first-order valence-electron chi connectivity index (χ1n) is 5.70. The van der Waals surface area contributed by atoms with E-state index in [0.717, 1.165) is 19.3 Å². The number of hydrogen-bond donors (Lipinski definition) is 2. The van der Waals surface area contributed by atoms with E-state index < -0.39 is 5.41 Å². The minimum Gasteiger partial charge on any atom is -0.302 e. The van der Waals surface area contributed by atoms with Gasteiger partial charge in [0.15, 0.2) is 5.11 Å². The number of rotatable bonds is 1. The average Bonchev–Trinajstić information content (AvgIpc) is 2.53. The predicted octanol–water partition coefficient (Wildman–Crippen LogP) is 0.960. The van der Waals surface area contributed by atoms with Crippen LogP contribution in [-0.4, -0.2) is 16.9 Å². The summed E-state index contributed by atoms with van der Waals surface area (Å²) < 4.78 is 0. The minimum absolute atomic E-state index is 0.0838. The van der Waals surface area contributed by atoms with Gasteiger partial charge >= 0.3 is 0 Å². The normalized spacial score (nSPS) is 32.8. The van der Waals surface area contributed by atoms with E-state index in [9.17, 15) is 9.59 Å². The van der Waals surface area contributed by atoms with Crippen molar-refractivity contribution in [1.82, 2.24) is 10.6 Å². The molecular formula is C11H16N2O2S. The van der Waals surface area contributed by atoms with Crippen LogP contribution in [0.15, 0.2) is 0 Å². The van der Waals surface area contributed by atoms with Crippen molar-refractivity contribution in [3.05, 3.63) is 0 Å². The molecule has 2 rings (SSSR count). The van der Waals surface area contributed by atoms with Crippen molar-refractivity contribution in [1.29, 1.82) is 0 Å². The molecule has 5 heteroatoms. The number of carbonyl (C=O) groups is 2. The summed E-state index contributed by atoms with van der Waals surface area (Å²) in [6.07, 6.45) is 2.70. The Morgan fingerprint density at radius 2 is 1.88 bits per heavy atom. The Labute approximate surface area is 100 Å². The minimum atomic E-state index is -0.892. The van der Waals surface area contributed by atoms with Crippen molar-refractivity contribution in [3.8, 4) is 0 Å². The fourth-order valence-corrected chi connectivity index (χ4v) is 3.39. The van der Waals surface area contributed by atoms with Crippen LogP contribution in [0.3, 0.4) is 0 Å². The first kappa shape index (κ1) is 11.5. The zero-order valence-electron chi connectivity index (χ0n) is 9.50. The highest BCUT2D eigenvalue weighted by Crippen LogP contribution is 2.50. The van der Waals surface area contributed by atoms with Gasteiger partial charge in [-0.15, -0.1) is 0 Å². The first-order valence-corrected chi connectivity index (χ1v) is 6.11. The van der Waals surface area contributed by atoms with Crippen LogP contribution in [-0.2, 0) is 9.59 Å². The molecule has 4 nitrogen and oxygen atoms in total. The predicted molar refractivity (Wildman–Crippen MR) is 63.5 cm³/mol. The molecular weight excluding hydrogens is 224 g/mol. The van der Waals surface area contributed by atoms with Gasteiger partial charge in [0, 0.05) is 0 Å². The van der Waals surface area contributed by atoms with Crippen LogP contribution in [0.25, 0.3) is 0 Å². The van der Waals surface area contributed by atoms with Crippen LogP contribution in [0, 0.1) is 17.3 Å². The molecule has 1 saturated heterocycles. The molecule has 0 bridgehead atoms. The largest absolute Gasteiger partial charge is 0.302 e. The van der Waals surface area contributed by atoms with Gasteiger partial charge < -0.3 is 10.6 Å². The highest BCUT2D eigenvalue weighted by Gasteiger charge is 2.60. The van der Waals surface area contributed by atoms with E-state index in [2.05, 4.69) is 10.6 Å². The summed E-state index contributed by atoms with van der Waals surface area (Å²) in [7, 11) is 0. The van der Waals surface area contributed by atoms with Gasteiger partial charge in [0.05, 0.1) is 0 Å². The fourth-order valence-electron chi connectivity index (χ4n) is 3.20. The number of carbonyl (C=O) groups excluding carboxylic acids is 2. The highest BCUT2D eigenvalue weighted by atomic mass is 32.1. The second-order valence-electron chi connectivity index (χ2n) is 4.69. The average molecular weight is 240 g/mol. The third-order valence-electron chi connectivity index (χ3n) is 4.07. The topological polar surface area (TPSA) is 58.2 Å². The van der Waals surface area contributed by atoms with Gasteiger partial charge in [0.25, 0.3) is 0 Å². The van der Waals surface area contributed by atoms with E-state index in [-0.39, 0.29) is 28.8 Å². The maximum atomic E-state index is 12.2. The third kappa shape index (κ3) is 1.30. The number of hydrogen-bond acceptors (Lipinski definition) is 3. The number of amides is 2. The van der Waals surface area contributed by atoms with E-state index >= 15 is 0 Å². The molecule has 88 valence electrons. The molecule has 0 aromatic heterocycles. The van der Waals surface area contributed by atoms with Crippen molar-refractivity contribution in [2.75, 3.05) is 0 Å². The molecule has 2 unspecified atom stereocenters. The molecule has 1 spiro atoms. The van der Waals surface area contributed by atoms with E-state index in [1.807, 2.05) is 13.8 Å². The quantitative estimate of drug-likeness (QED) is 0.530. The molecule has 1 aliphatic carbocycles. The summed E-state index contributed by atoms with van der Waals surface area (Å²) in [6, 6.07) is 0. The lowest BCUT2D eigenvalue weighted by Gasteiger charge is -2.39. The first-order chi connectivity index (χ1) is 7.53. The Hall–Kier alpha value is -0.970. The van der Waals surface area contributed by atoms with E-state index in [1.54, 1.807) is 0 Å². The van der Waals surface area contributed by atoms with E-state index in [4.69, 9.17) is 12.2 Å². The molecule has 1 aliphatic heterocycles. The van der Waals surface area contributed by atoms with E-state index in [0.29, 0.717) is 0 Å². The molecule has 2 amide bonds. The van der Waals surface area contributed by atoms with Crippen LogP contribution in [0.2, 0.25) is 0 Å². The Bertz CT molecular complexity index is 347. The van der Waals surface area contributed by atoms with Crippen molar-refractivity contribution in [2.45, 2.75) is 33.1 Å². The molecule has 0 aromatic carbocycles. The summed E-state index contributed by atoms with van der Waals surface area (Å²) in [6.45, 7) is 4.00. The zero-order chi connectivity index (χ0) is 11.9. The Morgan fingerprint density at radius 1 is 1.31 bits per heavy atom. The Balaban J connectivity index is 2.44. The summed E-state index contributed by atoms with van der Waals surface area (Å²) in [5.41, 5.74) is -0.892. The molecule has 2 N–H and O–H groups in total. The SMILES string of the molecule is CCC1CCC(C)C12C(=O)NC(=S)NC2=O. The standard InChI is InChI=1S/C11H16N2O2S/c1-3-7-5-4-6(2)11(7)8(14)12-10(16)13-9(11)15/h6-7H,3-5H2,1-2H3,(H2,12,13,14,15,16). The van der Waals surface area contributed by atoms with Crippen LogP contribution in [0.4, 0.5) is 0 Å². The fraction of sp³-hybridized carbons (Fsp3) is 0.727.